The van der Waals surface area contributed by atoms with Crippen molar-refractivity contribution in [1.82, 2.24) is 39.2 Å². The van der Waals surface area contributed by atoms with E-state index in [1.54, 1.807) is 46.9 Å². The highest BCUT2D eigenvalue weighted by molar-refractivity contribution is 6.03. The molecule has 6 heterocycles. The minimum absolute atomic E-state index is 0.136. The van der Waals surface area contributed by atoms with E-state index in [0.29, 0.717) is 29.3 Å². The molecule has 0 unspecified atom stereocenters. The van der Waals surface area contributed by atoms with E-state index in [0.717, 1.165) is 35.3 Å². The average molecular weight is 523 g/mol. The Labute approximate surface area is 223 Å². The molecular weight excluding hydrogens is 496 g/mol. The van der Waals surface area contributed by atoms with Crippen molar-refractivity contribution in [3.8, 4) is 11.1 Å². The molecule has 2 amide bonds. The molecule has 1 aliphatic heterocycles. The average Bonchev–Trinajstić information content (AvgIpc) is 3.56. The van der Waals surface area contributed by atoms with Crippen molar-refractivity contribution in [2.75, 3.05) is 23.7 Å². The molecule has 0 aromatic carbocycles. The van der Waals surface area contributed by atoms with Gasteiger partial charge in [-0.3, -0.25) is 33.5 Å². The maximum Gasteiger partial charge on any atom is 0.294 e. The van der Waals surface area contributed by atoms with Crippen molar-refractivity contribution in [2.45, 2.75) is 19.9 Å². The van der Waals surface area contributed by atoms with Crippen LogP contribution in [0.2, 0.25) is 0 Å². The molecule has 0 saturated carbocycles. The topological polar surface area (TPSA) is 135 Å². The second-order valence-corrected chi connectivity index (χ2v) is 9.50. The van der Waals surface area contributed by atoms with Crippen LogP contribution in [-0.4, -0.2) is 64.2 Å². The van der Waals surface area contributed by atoms with Crippen LogP contribution < -0.4 is 10.6 Å². The fourth-order valence-electron chi connectivity index (χ4n) is 4.66. The molecule has 12 nitrogen and oxygen atoms in total. The largest absolute Gasteiger partial charge is 0.324 e. The Bertz CT molecular complexity index is 1710. The number of aromatic nitrogens is 7. The van der Waals surface area contributed by atoms with Crippen LogP contribution in [0.4, 0.5) is 11.4 Å². The van der Waals surface area contributed by atoms with Crippen LogP contribution in [0.15, 0.2) is 61.3 Å². The van der Waals surface area contributed by atoms with E-state index < -0.39 is 5.91 Å². The summed E-state index contributed by atoms with van der Waals surface area (Å²) in [4.78, 5) is 36.7. The van der Waals surface area contributed by atoms with Crippen molar-refractivity contribution < 1.29 is 9.59 Å². The maximum atomic E-state index is 13.1. The molecule has 0 fully saturated rings. The molecule has 5 aromatic rings. The number of amides is 2. The molecule has 0 atom stereocenters. The maximum absolute atomic E-state index is 13.1. The van der Waals surface area contributed by atoms with Crippen LogP contribution >= 0.6 is 0 Å². The van der Waals surface area contributed by atoms with Crippen molar-refractivity contribution in [2.24, 2.45) is 7.05 Å². The van der Waals surface area contributed by atoms with Gasteiger partial charge in [0.2, 0.25) is 11.7 Å². The van der Waals surface area contributed by atoms with Crippen LogP contribution in [-0.2, 0) is 24.8 Å². The lowest BCUT2D eigenvalue weighted by Gasteiger charge is -2.27. The fraction of sp³-hybridized carbons (Fsp3) is 0.222. The molecule has 0 radical (unpaired) electrons. The first-order valence-corrected chi connectivity index (χ1v) is 12.5. The molecule has 0 saturated heterocycles. The Hall–Kier alpha value is -4.97. The lowest BCUT2D eigenvalue weighted by molar-refractivity contribution is -0.117. The minimum atomic E-state index is -0.439. The van der Waals surface area contributed by atoms with Gasteiger partial charge in [-0.2, -0.15) is 5.10 Å². The summed E-state index contributed by atoms with van der Waals surface area (Å²) in [6, 6.07) is 9.38. The van der Waals surface area contributed by atoms with Gasteiger partial charge in [-0.1, -0.05) is 6.07 Å². The number of hydrogen-bond donors (Lipinski definition) is 2. The normalized spacial score (nSPS) is 13.3. The highest BCUT2D eigenvalue weighted by Crippen LogP contribution is 2.22. The second kappa shape index (κ2) is 10.1. The summed E-state index contributed by atoms with van der Waals surface area (Å²) in [7, 11) is 1.85. The zero-order chi connectivity index (χ0) is 26.9. The standard InChI is InChI=1S/C27H26N10O2/c1-17-23(11-21(13-29-17)31-25(38)16-36-8-6-22-19(15-36)4-3-7-28-22)32-27(39)26-34-33-24-10-18(5-9-37(24)26)20-12-30-35(2)14-20/h3-5,7,9-14H,6,8,15-16H2,1-2H3,(H,31,38)(H,32,39). The van der Waals surface area contributed by atoms with Gasteiger partial charge in [0.05, 0.1) is 36.0 Å². The monoisotopic (exact) mass is 522 g/mol. The Morgan fingerprint density at radius 3 is 2.79 bits per heavy atom. The highest BCUT2D eigenvalue weighted by Gasteiger charge is 2.20. The number of nitrogens with one attached hydrogen (secondary N) is 2. The first-order chi connectivity index (χ1) is 18.9. The molecule has 2 N–H and O–H groups in total. The van der Waals surface area contributed by atoms with Gasteiger partial charge < -0.3 is 10.6 Å². The van der Waals surface area contributed by atoms with E-state index in [1.165, 1.54) is 0 Å². The quantitative estimate of drug-likeness (QED) is 0.347. The van der Waals surface area contributed by atoms with Crippen molar-refractivity contribution in [3.63, 3.8) is 0 Å². The van der Waals surface area contributed by atoms with E-state index in [2.05, 4.69) is 40.8 Å². The van der Waals surface area contributed by atoms with Crippen molar-refractivity contribution >= 4 is 28.8 Å². The summed E-state index contributed by atoms with van der Waals surface area (Å²) in [5.41, 5.74) is 6.20. The summed E-state index contributed by atoms with van der Waals surface area (Å²) in [6.07, 6.45) is 9.61. The third-order valence-electron chi connectivity index (χ3n) is 6.68. The summed E-state index contributed by atoms with van der Waals surface area (Å²) in [5, 5.41) is 18.2. The smallest absolute Gasteiger partial charge is 0.294 e. The van der Waals surface area contributed by atoms with Crippen LogP contribution in [0.3, 0.4) is 0 Å². The van der Waals surface area contributed by atoms with Crippen molar-refractivity contribution in [3.05, 3.63) is 84.1 Å². The van der Waals surface area contributed by atoms with E-state index in [4.69, 9.17) is 0 Å². The number of hydrogen-bond acceptors (Lipinski definition) is 8. The predicted octanol–water partition coefficient (Wildman–Crippen LogP) is 2.48. The number of pyridine rings is 3. The fourth-order valence-corrected chi connectivity index (χ4v) is 4.66. The molecule has 1 aliphatic rings. The number of aryl methyl sites for hydroxylation is 2. The summed E-state index contributed by atoms with van der Waals surface area (Å²) < 4.78 is 3.34. The molecule has 0 spiro atoms. The first-order valence-electron chi connectivity index (χ1n) is 12.5. The predicted molar refractivity (Wildman–Crippen MR) is 144 cm³/mol. The van der Waals surface area contributed by atoms with E-state index in [1.807, 2.05) is 37.5 Å². The van der Waals surface area contributed by atoms with Gasteiger partial charge in [-0.25, -0.2) is 0 Å². The van der Waals surface area contributed by atoms with Gasteiger partial charge in [0.1, 0.15) is 0 Å². The van der Waals surface area contributed by atoms with Crippen LogP contribution in [0.5, 0.6) is 0 Å². The number of anilines is 2. The zero-order valence-corrected chi connectivity index (χ0v) is 21.5. The molecule has 12 heteroatoms. The SMILES string of the molecule is Cc1ncc(NC(=O)CN2CCc3ncccc3C2)cc1NC(=O)c1nnc2cc(-c3cnn(C)c3)ccn12. The number of nitrogens with zero attached hydrogens (tertiary/aromatic N) is 8. The number of fused-ring (bicyclic) bond motifs is 2. The second-order valence-electron chi connectivity index (χ2n) is 9.50. The molecule has 0 bridgehead atoms. The summed E-state index contributed by atoms with van der Waals surface area (Å²) in [5.74, 6) is -0.458. The molecule has 196 valence electrons. The zero-order valence-electron chi connectivity index (χ0n) is 21.5. The Morgan fingerprint density at radius 1 is 1.05 bits per heavy atom. The molecule has 39 heavy (non-hydrogen) atoms. The van der Waals surface area contributed by atoms with Crippen molar-refractivity contribution in [1.29, 1.82) is 0 Å². The van der Waals surface area contributed by atoms with E-state index in [-0.39, 0.29) is 18.3 Å². The van der Waals surface area contributed by atoms with Crippen LogP contribution in [0.25, 0.3) is 16.8 Å². The van der Waals surface area contributed by atoms with E-state index in [9.17, 15) is 9.59 Å². The highest BCUT2D eigenvalue weighted by atomic mass is 16.2. The van der Waals surface area contributed by atoms with Gasteiger partial charge in [0.15, 0.2) is 5.65 Å². The summed E-state index contributed by atoms with van der Waals surface area (Å²) in [6.45, 7) is 3.47. The van der Waals surface area contributed by atoms with Gasteiger partial charge in [0.25, 0.3) is 5.91 Å². The van der Waals surface area contributed by atoms with Gasteiger partial charge in [-0.15, -0.1) is 10.2 Å². The Morgan fingerprint density at radius 2 is 1.95 bits per heavy atom. The van der Waals surface area contributed by atoms with Crippen LogP contribution in [0.1, 0.15) is 27.6 Å². The number of carbonyl (C=O) groups excluding carboxylic acids is 2. The lowest BCUT2D eigenvalue weighted by atomic mass is 10.1. The number of rotatable bonds is 6. The minimum Gasteiger partial charge on any atom is -0.324 e. The molecular formula is C27H26N10O2. The lowest BCUT2D eigenvalue weighted by Crippen LogP contribution is -2.37. The van der Waals surface area contributed by atoms with E-state index >= 15 is 0 Å². The Kier molecular flexibility index (Phi) is 6.29. The van der Waals surface area contributed by atoms with Gasteiger partial charge >= 0.3 is 0 Å². The van der Waals surface area contributed by atoms with Crippen LogP contribution in [0, 0.1) is 6.92 Å². The molecule has 0 aliphatic carbocycles. The Balaban J connectivity index is 1.13. The number of carbonyl (C=O) groups is 2. The third kappa shape index (κ3) is 5.09. The summed E-state index contributed by atoms with van der Waals surface area (Å²) >= 11 is 0. The van der Waals surface area contributed by atoms with Gasteiger partial charge in [0, 0.05) is 56.4 Å². The molecule has 6 rings (SSSR count). The molecule has 5 aromatic heterocycles. The third-order valence-corrected chi connectivity index (χ3v) is 6.68. The van der Waals surface area contributed by atoms with Gasteiger partial charge in [-0.05, 0) is 42.3 Å². The first kappa shape index (κ1) is 24.4.